The Bertz CT molecular complexity index is 1560. The largest absolute Gasteiger partial charge is 0.756 e. The number of phosphoric acid groups is 1. The fourth-order valence-corrected chi connectivity index (χ4v) is 10.4. The van der Waals surface area contributed by atoms with Crippen LogP contribution in [0.1, 0.15) is 303 Å². The maximum Gasteiger partial charge on any atom is 0.268 e. The van der Waals surface area contributed by atoms with Gasteiger partial charge in [0, 0.05) is 6.42 Å². The number of allylic oxidation sites excluding steroid dienone is 13. The van der Waals surface area contributed by atoms with E-state index in [1.54, 1.807) is 6.08 Å². The van der Waals surface area contributed by atoms with Gasteiger partial charge >= 0.3 is 0 Å². The number of hydrogen-bond acceptors (Lipinski definition) is 6. The van der Waals surface area contributed by atoms with Gasteiger partial charge in [0.1, 0.15) is 13.2 Å². The molecule has 0 heterocycles. The number of carbonyl (C=O) groups excluding carboxylic acids is 1. The highest BCUT2D eigenvalue weighted by molar-refractivity contribution is 7.45. The van der Waals surface area contributed by atoms with Crippen LogP contribution in [0.3, 0.4) is 0 Å². The number of quaternary nitrogens is 1. The van der Waals surface area contributed by atoms with E-state index in [1.165, 1.54) is 212 Å². The highest BCUT2D eigenvalue weighted by Crippen LogP contribution is 2.38. The number of phosphoric ester groups is 1. The third-order valence-electron chi connectivity index (χ3n) is 14.8. The van der Waals surface area contributed by atoms with Crippen molar-refractivity contribution in [3.05, 3.63) is 85.1 Å². The molecule has 3 unspecified atom stereocenters. The lowest BCUT2D eigenvalue weighted by molar-refractivity contribution is -0.870. The molecule has 79 heavy (non-hydrogen) atoms. The first-order valence-electron chi connectivity index (χ1n) is 33.4. The molecule has 0 aliphatic carbocycles. The van der Waals surface area contributed by atoms with Crippen molar-refractivity contribution in [2.75, 3.05) is 40.9 Å². The molecule has 0 spiro atoms. The van der Waals surface area contributed by atoms with Crippen LogP contribution in [0.4, 0.5) is 0 Å². The van der Waals surface area contributed by atoms with Gasteiger partial charge in [0.15, 0.2) is 0 Å². The molecule has 0 aromatic rings. The number of unbranched alkanes of at least 4 members (excludes halogenated alkanes) is 36. The average molecular weight is 1130 g/mol. The van der Waals surface area contributed by atoms with E-state index in [4.69, 9.17) is 9.05 Å². The van der Waals surface area contributed by atoms with Gasteiger partial charge < -0.3 is 28.8 Å². The van der Waals surface area contributed by atoms with E-state index in [0.29, 0.717) is 17.4 Å². The summed E-state index contributed by atoms with van der Waals surface area (Å²) < 4.78 is 23.4. The fraction of sp³-hybridized carbons (Fsp3) is 0.786. The molecule has 0 aromatic carbocycles. The average Bonchev–Trinajstić information content (AvgIpc) is 3.42. The summed E-state index contributed by atoms with van der Waals surface area (Å²) in [5, 5.41) is 13.9. The second kappa shape index (κ2) is 60.3. The molecule has 0 radical (unpaired) electrons. The van der Waals surface area contributed by atoms with Gasteiger partial charge in [0.05, 0.1) is 39.9 Å². The Balaban J connectivity index is 4.12. The lowest BCUT2D eigenvalue weighted by Crippen LogP contribution is -2.45. The Hall–Kier alpha value is -2.32. The summed E-state index contributed by atoms with van der Waals surface area (Å²) in [6.45, 7) is 4.54. The van der Waals surface area contributed by atoms with E-state index < -0.39 is 26.6 Å². The predicted molar refractivity (Wildman–Crippen MR) is 343 cm³/mol. The molecule has 0 saturated carbocycles. The highest BCUT2D eigenvalue weighted by atomic mass is 31.2. The van der Waals surface area contributed by atoms with Crippen molar-refractivity contribution in [3.8, 4) is 0 Å². The molecule has 9 heteroatoms. The van der Waals surface area contributed by atoms with Crippen LogP contribution < -0.4 is 10.2 Å². The zero-order valence-electron chi connectivity index (χ0n) is 52.6. The van der Waals surface area contributed by atoms with Gasteiger partial charge in [0.2, 0.25) is 5.91 Å². The molecular formula is C70H129N2O6P. The Morgan fingerprint density at radius 3 is 1.18 bits per heavy atom. The molecule has 0 bridgehead atoms. The molecule has 1 amide bonds. The van der Waals surface area contributed by atoms with Gasteiger partial charge in [-0.2, -0.15) is 0 Å². The Morgan fingerprint density at radius 1 is 0.456 bits per heavy atom. The minimum atomic E-state index is -4.62. The van der Waals surface area contributed by atoms with Gasteiger partial charge in [-0.15, -0.1) is 0 Å². The Labute approximate surface area is 490 Å². The second-order valence-electron chi connectivity index (χ2n) is 23.8. The van der Waals surface area contributed by atoms with E-state index in [1.807, 2.05) is 27.2 Å². The summed E-state index contributed by atoms with van der Waals surface area (Å²) in [5.74, 6) is -0.209. The number of nitrogens with zero attached hydrogens (tertiary/aromatic N) is 1. The number of likely N-dealkylation sites (N-methyl/N-ethyl adjacent to an activating group) is 1. The summed E-state index contributed by atoms with van der Waals surface area (Å²) in [5.41, 5.74) is 0. The van der Waals surface area contributed by atoms with E-state index in [0.717, 1.165) is 70.6 Å². The number of hydrogen-bond donors (Lipinski definition) is 2. The van der Waals surface area contributed by atoms with E-state index in [9.17, 15) is 19.4 Å². The Morgan fingerprint density at radius 2 is 0.785 bits per heavy atom. The van der Waals surface area contributed by atoms with Crippen molar-refractivity contribution in [1.82, 2.24) is 5.32 Å². The summed E-state index contributed by atoms with van der Waals surface area (Å²) in [4.78, 5) is 25.6. The first-order chi connectivity index (χ1) is 38.5. The summed E-state index contributed by atoms with van der Waals surface area (Å²) >= 11 is 0. The van der Waals surface area contributed by atoms with Gasteiger partial charge in [0.25, 0.3) is 7.82 Å². The SMILES string of the molecule is CC/C=C\C/C=C\C/C=C\C/C=C\CCCCCCCCCCCCCCCCCCCCCCC(=O)NC(COP(=O)([O-])OCC[N+](C)(C)C)C(O)/C=C/CC/C=C/CC/C=C/CCCCCCCCCCCCCCCC. The number of rotatable bonds is 61. The second-order valence-corrected chi connectivity index (χ2v) is 25.2. The first kappa shape index (κ1) is 76.7. The molecule has 3 atom stereocenters. The van der Waals surface area contributed by atoms with Crippen molar-refractivity contribution in [2.24, 2.45) is 0 Å². The molecule has 460 valence electrons. The fourth-order valence-electron chi connectivity index (χ4n) is 9.65. The third kappa shape index (κ3) is 63.1. The van der Waals surface area contributed by atoms with Crippen LogP contribution in [-0.4, -0.2) is 68.5 Å². The molecule has 0 fully saturated rings. The summed E-state index contributed by atoms with van der Waals surface area (Å²) in [6.07, 6.45) is 85.6. The van der Waals surface area contributed by atoms with Crippen LogP contribution in [0.2, 0.25) is 0 Å². The molecule has 0 aromatic heterocycles. The minimum Gasteiger partial charge on any atom is -0.756 e. The zero-order chi connectivity index (χ0) is 57.7. The quantitative estimate of drug-likeness (QED) is 0.0272. The molecule has 8 nitrogen and oxygen atoms in total. The minimum absolute atomic E-state index is 0.0103. The number of aliphatic hydroxyl groups is 1. The number of nitrogens with one attached hydrogen (secondary N) is 1. The van der Waals surface area contributed by atoms with Crippen molar-refractivity contribution in [3.63, 3.8) is 0 Å². The molecule has 0 aliphatic heterocycles. The number of aliphatic hydroxyl groups excluding tert-OH is 1. The van der Waals surface area contributed by atoms with Crippen LogP contribution in [-0.2, 0) is 18.4 Å². The maximum atomic E-state index is 13.0. The standard InChI is InChI=1S/C70H129N2O6P/c1-6-8-10-12-14-16-18-20-22-24-26-28-30-32-33-34-35-36-37-38-39-40-42-44-46-48-50-52-54-56-58-60-62-64-70(74)71-68(67-78-79(75,76)77-66-65-72(3,4)5)69(73)63-61-59-57-55-53-51-49-47-45-43-41-31-29-27-25-23-21-19-17-15-13-11-9-7-2/h8,10,14,16,20,22,26,28,45,47,53,55,61,63,68-69,73H,6-7,9,11-13,15,17-19,21,23-25,27,29-44,46,48-52,54,56-60,62,64-67H2,1-5H3,(H-,71,74,75,76)/b10-8-,16-14-,22-20-,28-26-,47-45+,55-53+,63-61+. The van der Waals surface area contributed by atoms with Crippen LogP contribution in [0, 0.1) is 0 Å². The van der Waals surface area contributed by atoms with Crippen molar-refractivity contribution in [2.45, 2.75) is 315 Å². The van der Waals surface area contributed by atoms with Crippen LogP contribution in [0.15, 0.2) is 85.1 Å². The molecular weight excluding hydrogens is 996 g/mol. The lowest BCUT2D eigenvalue weighted by atomic mass is 10.0. The van der Waals surface area contributed by atoms with E-state index in [2.05, 4.69) is 92.1 Å². The normalized spacial score (nSPS) is 14.3. The van der Waals surface area contributed by atoms with Crippen LogP contribution >= 0.6 is 7.82 Å². The monoisotopic (exact) mass is 1120 g/mol. The molecule has 0 rings (SSSR count). The first-order valence-corrected chi connectivity index (χ1v) is 34.9. The van der Waals surface area contributed by atoms with E-state index in [-0.39, 0.29) is 12.5 Å². The number of amides is 1. The van der Waals surface area contributed by atoms with Crippen LogP contribution in [0.5, 0.6) is 0 Å². The maximum absolute atomic E-state index is 13.0. The van der Waals surface area contributed by atoms with Gasteiger partial charge in [-0.3, -0.25) is 9.36 Å². The molecule has 0 saturated heterocycles. The lowest BCUT2D eigenvalue weighted by Gasteiger charge is -2.29. The topological polar surface area (TPSA) is 108 Å². The number of carbonyl (C=O) groups is 1. The van der Waals surface area contributed by atoms with E-state index >= 15 is 0 Å². The van der Waals surface area contributed by atoms with Gasteiger partial charge in [-0.1, -0.05) is 298 Å². The predicted octanol–water partition coefficient (Wildman–Crippen LogP) is 20.5. The van der Waals surface area contributed by atoms with Crippen molar-refractivity contribution >= 4 is 13.7 Å². The molecule has 2 N–H and O–H groups in total. The zero-order valence-corrected chi connectivity index (χ0v) is 53.5. The van der Waals surface area contributed by atoms with Crippen LogP contribution in [0.25, 0.3) is 0 Å². The summed E-state index contributed by atoms with van der Waals surface area (Å²) in [7, 11) is 1.24. The molecule has 0 aliphatic rings. The van der Waals surface area contributed by atoms with Crippen molar-refractivity contribution < 1.29 is 32.9 Å². The smallest absolute Gasteiger partial charge is 0.268 e. The third-order valence-corrected chi connectivity index (χ3v) is 15.8. The van der Waals surface area contributed by atoms with Gasteiger partial charge in [-0.25, -0.2) is 0 Å². The van der Waals surface area contributed by atoms with Crippen molar-refractivity contribution in [1.29, 1.82) is 0 Å². The highest BCUT2D eigenvalue weighted by Gasteiger charge is 2.23. The summed E-state index contributed by atoms with van der Waals surface area (Å²) in [6, 6.07) is -0.913. The van der Waals surface area contributed by atoms with Gasteiger partial charge in [-0.05, 0) is 83.5 Å². The Kier molecular flexibility index (Phi) is 58.5.